The second-order valence-electron chi connectivity index (χ2n) is 2.82. The summed E-state index contributed by atoms with van der Waals surface area (Å²) < 4.78 is 0. The van der Waals surface area contributed by atoms with Crippen molar-refractivity contribution in [1.29, 1.82) is 0 Å². The molecule has 21 heavy (non-hydrogen) atoms. The summed E-state index contributed by atoms with van der Waals surface area (Å²) in [6.45, 7) is 0. The molecule has 2 unspecified atom stereocenters. The molecular formula is C8H10AuNaO9S2. The molecule has 0 aromatic heterocycles. The van der Waals surface area contributed by atoms with Crippen molar-refractivity contribution < 1.29 is 97.0 Å². The monoisotopic (exact) mass is 534 g/mol. The van der Waals surface area contributed by atoms with E-state index < -0.39 is 47.2 Å². The maximum Gasteiger partial charge on any atom is 3.00 e. The molecule has 0 saturated carbocycles. The fraction of sp³-hybridized carbons (Fsp3) is 0.500. The Bertz CT molecular complexity index is 310. The minimum atomic E-state index is -1.50. The molecule has 120 valence electrons. The van der Waals surface area contributed by atoms with E-state index >= 15 is 0 Å². The molecule has 9 nitrogen and oxygen atoms in total. The minimum absolute atomic E-state index is 0. The fourth-order valence-corrected chi connectivity index (χ4v) is 0.781. The largest absolute Gasteiger partial charge is 3.00 e. The SMILES string of the molecule is O.O=C([O-])CC(S)C(=O)[O-].O=C([O-])CC(S)C(=O)[O-].[Au+3].[Na+]. The van der Waals surface area contributed by atoms with E-state index in [9.17, 15) is 39.6 Å². The number of carboxylic acids is 4. The van der Waals surface area contributed by atoms with Crippen molar-refractivity contribution in [3.8, 4) is 0 Å². The van der Waals surface area contributed by atoms with Crippen LogP contribution in [0.1, 0.15) is 12.8 Å². The summed E-state index contributed by atoms with van der Waals surface area (Å²) in [6.07, 6.45) is -1.24. The van der Waals surface area contributed by atoms with Crippen molar-refractivity contribution >= 4 is 49.1 Å². The van der Waals surface area contributed by atoms with Gasteiger partial charge in [0.15, 0.2) is 0 Å². The number of hydrogen-bond donors (Lipinski definition) is 2. The van der Waals surface area contributed by atoms with Gasteiger partial charge in [-0.25, -0.2) is 0 Å². The molecule has 0 radical (unpaired) electrons. The van der Waals surface area contributed by atoms with Crippen LogP contribution in [0, 0.1) is 0 Å². The van der Waals surface area contributed by atoms with Crippen molar-refractivity contribution in [1.82, 2.24) is 0 Å². The molecule has 0 fully saturated rings. The molecule has 0 aromatic rings. The van der Waals surface area contributed by atoms with Crippen LogP contribution in [-0.2, 0) is 41.6 Å². The van der Waals surface area contributed by atoms with Gasteiger partial charge in [-0.3, -0.25) is 0 Å². The van der Waals surface area contributed by atoms with E-state index in [2.05, 4.69) is 25.3 Å². The topological polar surface area (TPSA) is 192 Å². The van der Waals surface area contributed by atoms with Crippen LogP contribution in [-0.4, -0.2) is 39.9 Å². The Hall–Kier alpha value is 0.280. The number of carbonyl (C=O) groups excluding carboxylic acids is 4. The molecular weight excluding hydrogens is 524 g/mol. The average Bonchev–Trinajstić information content (AvgIpc) is 2.16. The van der Waals surface area contributed by atoms with Crippen molar-refractivity contribution in [3.05, 3.63) is 0 Å². The van der Waals surface area contributed by atoms with Crippen LogP contribution >= 0.6 is 25.3 Å². The second-order valence-corrected chi connectivity index (χ2v) is 4.07. The standard InChI is InChI=1S/2C4H6O4S.Au.Na.H2O/c2*5-3(6)1-2(9)4(7)8;;;/h2*2,9H,1H2,(H,5,6)(H,7,8);;;1H2/q;;+3;+1;/p-4. The molecule has 2 N–H and O–H groups in total. The third-order valence-corrected chi connectivity index (χ3v) is 2.05. The molecule has 2 atom stereocenters. The molecule has 0 aliphatic rings. The predicted molar refractivity (Wildman–Crippen MR) is 58.4 cm³/mol. The molecule has 0 aliphatic heterocycles. The van der Waals surface area contributed by atoms with Gasteiger partial charge in [-0.05, 0) is 0 Å². The summed E-state index contributed by atoms with van der Waals surface area (Å²) in [6, 6.07) is 0. The van der Waals surface area contributed by atoms with E-state index in [1.165, 1.54) is 0 Å². The van der Waals surface area contributed by atoms with E-state index in [1.54, 1.807) is 0 Å². The third-order valence-electron chi connectivity index (χ3n) is 1.26. The summed E-state index contributed by atoms with van der Waals surface area (Å²) in [5.41, 5.74) is 0. The molecule has 0 bridgehead atoms. The average molecular weight is 534 g/mol. The first-order valence-electron chi connectivity index (χ1n) is 4.25. The van der Waals surface area contributed by atoms with Gasteiger partial charge in [0, 0.05) is 35.3 Å². The Morgan fingerprint density at radius 2 is 0.952 bits per heavy atom. The first kappa shape index (κ1) is 33.0. The van der Waals surface area contributed by atoms with Gasteiger partial charge in [0.2, 0.25) is 0 Å². The fourth-order valence-electron chi connectivity index (χ4n) is 0.482. The number of rotatable bonds is 6. The minimum Gasteiger partial charge on any atom is -0.550 e. The number of hydrogen-bond acceptors (Lipinski definition) is 10. The Labute approximate surface area is 168 Å². The predicted octanol–water partition coefficient (Wildman–Crippen LogP) is -9.47. The van der Waals surface area contributed by atoms with Gasteiger partial charge in [-0.2, -0.15) is 25.3 Å². The van der Waals surface area contributed by atoms with Crippen molar-refractivity contribution in [3.63, 3.8) is 0 Å². The maximum atomic E-state index is 9.76. The number of thiol groups is 2. The first-order valence-corrected chi connectivity index (χ1v) is 5.28. The summed E-state index contributed by atoms with van der Waals surface area (Å²) in [5.74, 6) is -5.89. The molecule has 0 spiro atoms. The van der Waals surface area contributed by atoms with Crippen LogP contribution in [0.25, 0.3) is 0 Å². The second kappa shape index (κ2) is 18.3. The van der Waals surface area contributed by atoms with Crippen LogP contribution in [0.2, 0.25) is 0 Å². The van der Waals surface area contributed by atoms with Crippen LogP contribution < -0.4 is 50.0 Å². The van der Waals surface area contributed by atoms with E-state index in [-0.39, 0.29) is 57.4 Å². The number of aliphatic carboxylic acids is 4. The van der Waals surface area contributed by atoms with E-state index in [0.717, 1.165) is 0 Å². The summed E-state index contributed by atoms with van der Waals surface area (Å²) in [4.78, 5) is 38.8. The zero-order valence-corrected chi connectivity index (χ0v) is 16.5. The van der Waals surface area contributed by atoms with Crippen LogP contribution in [0.3, 0.4) is 0 Å². The summed E-state index contributed by atoms with van der Waals surface area (Å²) >= 11 is 6.76. The Morgan fingerprint density at radius 3 is 1.00 bits per heavy atom. The third kappa shape index (κ3) is 25.6. The molecule has 0 saturated heterocycles. The molecule has 0 aliphatic carbocycles. The zero-order chi connectivity index (χ0) is 14.9. The van der Waals surface area contributed by atoms with Crippen LogP contribution in [0.5, 0.6) is 0 Å². The Kier molecular flexibility index (Phi) is 28.8. The number of carbonyl (C=O) groups is 4. The first-order chi connectivity index (χ1) is 8.07. The van der Waals surface area contributed by atoms with Crippen molar-refractivity contribution in [2.45, 2.75) is 23.3 Å². The summed E-state index contributed by atoms with van der Waals surface area (Å²) in [5, 5.41) is 36.3. The number of carboxylic acid groups (broad SMARTS) is 4. The Morgan fingerprint density at radius 1 is 0.762 bits per heavy atom. The van der Waals surface area contributed by atoms with E-state index in [0.29, 0.717) is 0 Å². The van der Waals surface area contributed by atoms with Gasteiger partial charge >= 0.3 is 51.9 Å². The van der Waals surface area contributed by atoms with Crippen LogP contribution in [0.4, 0.5) is 0 Å². The van der Waals surface area contributed by atoms with Crippen molar-refractivity contribution in [2.24, 2.45) is 0 Å². The molecule has 13 heteroatoms. The Balaban J connectivity index is -0.0000000711. The van der Waals surface area contributed by atoms with Gasteiger partial charge in [0.05, 0.1) is 11.9 Å². The molecule has 0 amide bonds. The molecule has 0 heterocycles. The van der Waals surface area contributed by atoms with Gasteiger partial charge in [-0.15, -0.1) is 0 Å². The van der Waals surface area contributed by atoms with Gasteiger partial charge in [0.1, 0.15) is 0 Å². The van der Waals surface area contributed by atoms with Crippen molar-refractivity contribution in [2.75, 3.05) is 0 Å². The van der Waals surface area contributed by atoms with Gasteiger partial charge < -0.3 is 45.1 Å². The van der Waals surface area contributed by atoms with E-state index in [1.807, 2.05) is 0 Å². The maximum absolute atomic E-state index is 9.76. The van der Waals surface area contributed by atoms with Gasteiger partial charge in [0.25, 0.3) is 0 Å². The quantitative estimate of drug-likeness (QED) is 0.248. The van der Waals surface area contributed by atoms with Crippen LogP contribution in [0.15, 0.2) is 0 Å². The molecule has 0 aromatic carbocycles. The zero-order valence-electron chi connectivity index (χ0n) is 10.5. The smallest absolute Gasteiger partial charge is 0.550 e. The molecule has 0 rings (SSSR count). The summed E-state index contributed by atoms with van der Waals surface area (Å²) in [7, 11) is 0. The van der Waals surface area contributed by atoms with Gasteiger partial charge in [-0.1, -0.05) is 0 Å². The normalized spacial score (nSPS) is 10.8. The van der Waals surface area contributed by atoms with E-state index in [4.69, 9.17) is 0 Å².